The summed E-state index contributed by atoms with van der Waals surface area (Å²) < 4.78 is 71.9. The summed E-state index contributed by atoms with van der Waals surface area (Å²) in [5.74, 6) is 5.32. The minimum atomic E-state index is -4.47. The number of carbonyl (C=O) groups excluding carboxylic acids is 3. The molecule has 9 rings (SSSR count). The van der Waals surface area contributed by atoms with Gasteiger partial charge in [0.05, 0.1) is 39.1 Å². The zero-order valence-electron chi connectivity index (χ0n) is 47.6. The van der Waals surface area contributed by atoms with Gasteiger partial charge in [0.1, 0.15) is 12.6 Å². The van der Waals surface area contributed by atoms with Crippen molar-refractivity contribution in [3.05, 3.63) is 131 Å². The van der Waals surface area contributed by atoms with Crippen LogP contribution in [0.15, 0.2) is 113 Å². The first-order valence-corrected chi connectivity index (χ1v) is 31.1. The Morgan fingerprint density at radius 2 is 1.56 bits per heavy atom. The number of rotatable bonds is 22. The Labute approximate surface area is 493 Å². The lowest BCUT2D eigenvalue weighted by molar-refractivity contribution is -0.438. The van der Waals surface area contributed by atoms with Crippen LogP contribution in [-0.4, -0.2) is 129 Å². The third-order valence-electron chi connectivity index (χ3n) is 16.5. The van der Waals surface area contributed by atoms with Crippen LogP contribution in [0, 0.1) is 23.2 Å². The van der Waals surface area contributed by atoms with E-state index in [1.807, 2.05) is 83.2 Å². The van der Waals surface area contributed by atoms with Gasteiger partial charge in [0.15, 0.2) is 22.7 Å². The van der Waals surface area contributed by atoms with E-state index in [0.29, 0.717) is 67.3 Å². The highest BCUT2D eigenvalue weighted by Crippen LogP contribution is 2.68. The number of likely N-dealkylation sites (N-methyl/N-ethyl adjacent to an activating group) is 1. The minimum absolute atomic E-state index is 0.0685. The van der Waals surface area contributed by atoms with Gasteiger partial charge in [-0.2, -0.15) is 21.4 Å². The van der Waals surface area contributed by atoms with Crippen molar-refractivity contribution in [1.82, 2.24) is 35.5 Å². The number of nitrogens with one attached hydrogen (secondary N) is 4. The Morgan fingerprint density at radius 1 is 0.857 bits per heavy atom. The molecule has 0 spiro atoms. The number of amides is 3. The first kappa shape index (κ1) is 61.3. The van der Waals surface area contributed by atoms with Crippen molar-refractivity contribution in [2.45, 2.75) is 125 Å². The number of anilines is 2. The number of benzene rings is 3. The van der Waals surface area contributed by atoms with Crippen LogP contribution >= 0.6 is 11.6 Å². The van der Waals surface area contributed by atoms with E-state index in [4.69, 9.17) is 16.6 Å². The molecule has 0 radical (unpaired) electrons. The quantitative estimate of drug-likeness (QED) is 0.0122. The van der Waals surface area contributed by atoms with E-state index in [9.17, 15) is 50.5 Å². The number of nitrogens with zero attached hydrogens (tertiary/aromatic N) is 6. The highest BCUT2D eigenvalue weighted by molar-refractivity contribution is 7.86. The summed E-state index contributed by atoms with van der Waals surface area (Å²) in [7, 11) is -7.36. The number of allylic oxidation sites excluding steroid dienone is 6. The number of hydrogen-bond acceptors (Lipinski definition) is 14. The number of fused-ring (bicyclic) bond motifs is 4. The van der Waals surface area contributed by atoms with Crippen molar-refractivity contribution in [3.63, 3.8) is 0 Å². The third kappa shape index (κ3) is 12.3. The van der Waals surface area contributed by atoms with Gasteiger partial charge in [-0.3, -0.25) is 23.5 Å². The molecule has 84 heavy (non-hydrogen) atoms. The summed E-state index contributed by atoms with van der Waals surface area (Å²) in [5, 5.41) is 34.4. The Morgan fingerprint density at radius 3 is 2.25 bits per heavy atom. The standard InChI is InChI=1S/C60H69ClN10O11S2/c1-7-69-44-26-24-39(83(77,78)79)32-41(44)58(2,3)46(69)19-10-8-11-20-47-59(4,5)42-33-40(84(80,81)82)25-27-45(42)70(47)30-15-9-12-22-49(72)63-28-29-64-50(73)23-14-13-21-48-67-55(65-35-37-17-16-18-38(61)31-37)51-56(68-48)71(36-66-51)52-43-34-60(43,57(76)62-6)54(75)53(52)74/h8,10-11,16-20,24-27,31-33,36,43,52-54,74-75H,7,9,12,14-15,22-23,28-30,34-35H2,1-6H3,(H5-,62,63,64,65,67,68,72,73,76,77,78,79,80,81,82)/p+1/t43-,52-,53+,54+,60+/m1/s1. The number of aliphatic hydroxyl groups excluding tert-OH is 2. The van der Waals surface area contributed by atoms with Gasteiger partial charge in [-0.05, 0) is 106 Å². The predicted octanol–water partition coefficient (Wildman–Crippen LogP) is 6.43. The molecule has 2 aliphatic carbocycles. The van der Waals surface area contributed by atoms with Crippen molar-refractivity contribution in [3.8, 4) is 11.8 Å². The second-order valence-corrected chi connectivity index (χ2v) is 25.8. The average molecular weight is 1210 g/mol. The van der Waals surface area contributed by atoms with Crippen molar-refractivity contribution in [1.29, 1.82) is 0 Å². The monoisotopic (exact) mass is 1210 g/mol. The Kier molecular flexibility index (Phi) is 17.8. The molecule has 24 heteroatoms. The number of unbranched alkanes of at least 4 members (excludes halogenated alkanes) is 2. The molecule has 2 aliphatic heterocycles. The van der Waals surface area contributed by atoms with Gasteiger partial charge in [-0.25, -0.2) is 15.0 Å². The fourth-order valence-electron chi connectivity index (χ4n) is 12.1. The maximum absolute atomic E-state index is 12.9. The summed E-state index contributed by atoms with van der Waals surface area (Å²) in [5.41, 5.74) is 4.32. The van der Waals surface area contributed by atoms with Gasteiger partial charge in [0.2, 0.25) is 29.2 Å². The number of carbonyl (C=O) groups is 3. The fraction of sp³-hybridized carbons (Fsp3) is 0.417. The third-order valence-corrected chi connectivity index (χ3v) is 18.4. The number of hydrogen-bond donors (Lipinski definition) is 8. The molecule has 3 aromatic carbocycles. The maximum atomic E-state index is 12.9. The first-order chi connectivity index (χ1) is 39.8. The van der Waals surface area contributed by atoms with Crippen LogP contribution in [0.3, 0.4) is 0 Å². The summed E-state index contributed by atoms with van der Waals surface area (Å²) >= 11 is 6.23. The molecule has 4 heterocycles. The van der Waals surface area contributed by atoms with Gasteiger partial charge < -0.3 is 40.9 Å². The summed E-state index contributed by atoms with van der Waals surface area (Å²) in [6.07, 6.45) is 11.5. The van der Waals surface area contributed by atoms with E-state index < -0.39 is 54.7 Å². The zero-order valence-corrected chi connectivity index (χ0v) is 49.9. The van der Waals surface area contributed by atoms with Gasteiger partial charge in [0, 0.05) is 104 Å². The molecule has 21 nitrogen and oxygen atoms in total. The van der Waals surface area contributed by atoms with E-state index in [0.717, 1.165) is 39.5 Å². The van der Waals surface area contributed by atoms with Crippen LogP contribution in [0.4, 0.5) is 17.2 Å². The normalized spacial score (nSPS) is 21.6. The largest absolute Gasteiger partial charge is 0.389 e. The van der Waals surface area contributed by atoms with E-state index >= 15 is 0 Å². The smallest absolute Gasteiger partial charge is 0.294 e. The number of imidazole rings is 1. The molecule has 2 aromatic heterocycles. The van der Waals surface area contributed by atoms with Crippen LogP contribution in [-0.2, 0) is 52.0 Å². The molecule has 0 bridgehead atoms. The van der Waals surface area contributed by atoms with Gasteiger partial charge in [-0.15, -0.1) is 0 Å². The molecular formula is C60H70ClN10O11S2+. The molecule has 5 atom stereocenters. The molecule has 2 fully saturated rings. The lowest BCUT2D eigenvalue weighted by Crippen LogP contribution is -2.41. The Bertz CT molecular complexity index is 3860. The second-order valence-electron chi connectivity index (χ2n) is 22.5. The van der Waals surface area contributed by atoms with Gasteiger partial charge in [-0.1, -0.05) is 61.7 Å². The molecular weight excluding hydrogens is 1140 g/mol. The van der Waals surface area contributed by atoms with Gasteiger partial charge in [0.25, 0.3) is 20.2 Å². The zero-order chi connectivity index (χ0) is 60.5. The minimum Gasteiger partial charge on any atom is -0.389 e. The SMILES string of the molecule is CCN1\C(=C/C=C/C=C/C2=[N+](CCCCCC(=O)NCCNC(=O)CCC#Cc3nc(NCc4cccc(Cl)c4)c4ncn([C@H]5[C@H](O)[C@H](O)[C@]6(C(=O)NC)C[C@H]56)c4n3)c3ccc(S(=O)(=O)O)cc3C2(C)C)C(C)(C)c2cc(S(=O)(=O)O)ccc21. The highest BCUT2D eigenvalue weighted by atomic mass is 35.5. The van der Waals surface area contributed by atoms with Crippen molar-refractivity contribution in [2.24, 2.45) is 11.3 Å². The predicted molar refractivity (Wildman–Crippen MR) is 318 cm³/mol. The average Bonchev–Trinajstić information content (AvgIpc) is 1.57. The Balaban J connectivity index is 0.768. The van der Waals surface area contributed by atoms with Crippen molar-refractivity contribution < 1.29 is 55.1 Å². The van der Waals surface area contributed by atoms with Crippen molar-refractivity contribution in [2.75, 3.05) is 43.4 Å². The molecule has 444 valence electrons. The Hall–Kier alpha value is -7.30. The number of aromatic nitrogens is 4. The molecule has 2 saturated carbocycles. The highest BCUT2D eigenvalue weighted by Gasteiger charge is 2.75. The summed E-state index contributed by atoms with van der Waals surface area (Å²) in [4.78, 5) is 54.2. The first-order valence-electron chi connectivity index (χ1n) is 27.9. The molecule has 0 unspecified atom stereocenters. The van der Waals surface area contributed by atoms with Gasteiger partial charge >= 0.3 is 0 Å². The topological polar surface area (TPSA) is 298 Å². The van der Waals surface area contributed by atoms with Crippen LogP contribution in [0.5, 0.6) is 0 Å². The lowest BCUT2D eigenvalue weighted by Gasteiger charge is -2.25. The fourth-order valence-corrected chi connectivity index (χ4v) is 13.4. The molecule has 5 aromatic rings. The lowest BCUT2D eigenvalue weighted by atomic mass is 9.81. The van der Waals surface area contributed by atoms with Crippen molar-refractivity contribution >= 4 is 83.6 Å². The molecule has 0 saturated heterocycles. The maximum Gasteiger partial charge on any atom is 0.294 e. The van der Waals surface area contributed by atoms with Crippen LogP contribution in [0.1, 0.15) is 108 Å². The number of aliphatic hydroxyl groups is 2. The van der Waals surface area contributed by atoms with Crippen LogP contribution in [0.2, 0.25) is 5.02 Å². The van der Waals surface area contributed by atoms with E-state index in [1.54, 1.807) is 22.8 Å². The summed E-state index contributed by atoms with van der Waals surface area (Å²) in [6.45, 7) is 12.0. The van der Waals surface area contributed by atoms with E-state index in [1.165, 1.54) is 37.6 Å². The molecule has 4 aliphatic rings. The number of halogens is 1. The van der Waals surface area contributed by atoms with Crippen LogP contribution in [0.25, 0.3) is 11.2 Å². The summed E-state index contributed by atoms with van der Waals surface area (Å²) in [6, 6.07) is 15.9. The molecule has 8 N–H and O–H groups in total. The molecule has 3 amide bonds. The van der Waals surface area contributed by atoms with Crippen LogP contribution < -0.4 is 26.2 Å². The second kappa shape index (κ2) is 24.4. The van der Waals surface area contributed by atoms with E-state index in [2.05, 4.69) is 52.6 Å². The van der Waals surface area contributed by atoms with E-state index in [-0.39, 0.29) is 71.6 Å².